The predicted octanol–water partition coefficient (Wildman–Crippen LogP) is 5.95. The quantitative estimate of drug-likeness (QED) is 0.136. The highest BCUT2D eigenvalue weighted by molar-refractivity contribution is 7.86. The van der Waals surface area contributed by atoms with Crippen molar-refractivity contribution in [3.63, 3.8) is 0 Å². The van der Waals surface area contributed by atoms with E-state index in [9.17, 15) is 28.0 Å². The van der Waals surface area contributed by atoms with Crippen molar-refractivity contribution in [3.05, 3.63) is 82.9 Å². The number of carbonyl (C=O) groups is 1. The van der Waals surface area contributed by atoms with Crippen molar-refractivity contribution in [1.82, 2.24) is 0 Å². The smallest absolute Gasteiger partial charge is 0.335 e. The number of nitrogens with two attached hydrogens (primary N) is 2. The summed E-state index contributed by atoms with van der Waals surface area (Å²) in [5.74, 6) is -1.88. The first kappa shape index (κ1) is 28.9. The summed E-state index contributed by atoms with van der Waals surface area (Å²) in [6.45, 7) is 5.20. The molecule has 0 aliphatic carbocycles. The van der Waals surface area contributed by atoms with Gasteiger partial charge in [0.05, 0.1) is 38.9 Å². The summed E-state index contributed by atoms with van der Waals surface area (Å²) in [5, 5.41) is 37.7. The van der Waals surface area contributed by atoms with Crippen molar-refractivity contribution in [2.24, 2.45) is 20.5 Å². The number of hydrogen-bond acceptors (Lipinski definition) is 11. The van der Waals surface area contributed by atoms with Crippen LogP contribution in [0.1, 0.15) is 27.0 Å². The maximum Gasteiger partial charge on any atom is 0.335 e. The number of rotatable bonds is 7. The minimum Gasteiger partial charge on any atom is -0.872 e. The number of aryl methyl sites for hydroxylation is 3. The Morgan fingerprint density at radius 3 is 1.78 bits per heavy atom. The van der Waals surface area contributed by atoms with Gasteiger partial charge in [0, 0.05) is 0 Å². The molecule has 0 fully saturated rings. The third kappa shape index (κ3) is 6.37. The number of hydrogen-bond donors (Lipinski definition) is 3. The first-order chi connectivity index (χ1) is 19.2. The normalized spacial score (nSPS) is 11.9. The molecule has 0 heterocycles. The molecule has 0 atom stereocenters. The Morgan fingerprint density at radius 2 is 1.27 bits per heavy atom. The standard InChI is InChI=1S/C28H26N6O6S/c1-14-8-17(4-6-23(14)32-31-19-10-16(3)27(35)20(11-19)28(36)37)18-5-7-24(15(2)9-18)33-34-25-13-26(41(38,39)40)22(30)12-21(25)29/h4-13,35H,29-30H2,1-3H3,(H,36,37)(H,38,39,40)/p-2. The summed E-state index contributed by atoms with van der Waals surface area (Å²) in [4.78, 5) is 10.7. The molecule has 0 saturated heterocycles. The summed E-state index contributed by atoms with van der Waals surface area (Å²) in [7, 11) is -4.81. The van der Waals surface area contributed by atoms with Crippen LogP contribution < -0.4 is 16.6 Å². The highest BCUT2D eigenvalue weighted by Crippen LogP contribution is 2.35. The first-order valence-electron chi connectivity index (χ1n) is 12.0. The Hall–Kier alpha value is -5.14. The van der Waals surface area contributed by atoms with Gasteiger partial charge in [-0.15, -0.1) is 5.11 Å². The molecule has 0 unspecified atom stereocenters. The van der Waals surface area contributed by atoms with E-state index >= 15 is 0 Å². The van der Waals surface area contributed by atoms with E-state index in [1.807, 2.05) is 38.1 Å². The molecule has 4 rings (SSSR count). The molecule has 0 aliphatic heterocycles. The SMILES string of the molecule is Cc1cc(-c2ccc(N=Nc3cc(S(=O)(=O)[O-])c(N)cc3N)c(C)c2)ccc1N=Nc1cc(C)c([O-])c(C(=O)O)c1. The van der Waals surface area contributed by atoms with E-state index in [4.69, 9.17) is 11.5 Å². The van der Waals surface area contributed by atoms with Crippen LogP contribution in [0.3, 0.4) is 0 Å². The number of nitrogen functional groups attached to an aromatic ring is 2. The summed E-state index contributed by atoms with van der Waals surface area (Å²) >= 11 is 0. The van der Waals surface area contributed by atoms with Gasteiger partial charge in [-0.1, -0.05) is 23.4 Å². The molecule has 4 aromatic rings. The van der Waals surface area contributed by atoms with Crippen LogP contribution in [0.15, 0.2) is 86.0 Å². The van der Waals surface area contributed by atoms with Crippen LogP contribution in [0.4, 0.5) is 34.1 Å². The number of aromatic carboxylic acids is 1. The van der Waals surface area contributed by atoms with Crippen molar-refractivity contribution in [2.45, 2.75) is 25.7 Å². The highest BCUT2D eigenvalue weighted by Gasteiger charge is 2.12. The summed E-state index contributed by atoms with van der Waals surface area (Å²) in [6.07, 6.45) is 0. The van der Waals surface area contributed by atoms with E-state index in [1.165, 1.54) is 19.1 Å². The number of benzene rings is 4. The second kappa shape index (κ2) is 11.2. The lowest BCUT2D eigenvalue weighted by atomic mass is 10.0. The zero-order chi connectivity index (χ0) is 30.1. The van der Waals surface area contributed by atoms with Crippen LogP contribution in [0, 0.1) is 20.8 Å². The minimum atomic E-state index is -4.81. The molecule has 0 spiro atoms. The zero-order valence-electron chi connectivity index (χ0n) is 22.1. The Bertz CT molecular complexity index is 1870. The van der Waals surface area contributed by atoms with E-state index in [-0.39, 0.29) is 33.9 Å². The van der Waals surface area contributed by atoms with E-state index in [0.29, 0.717) is 11.4 Å². The van der Waals surface area contributed by atoms with Crippen LogP contribution in [-0.2, 0) is 10.1 Å². The van der Waals surface area contributed by atoms with Crippen LogP contribution in [-0.4, -0.2) is 24.0 Å². The fourth-order valence-corrected chi connectivity index (χ4v) is 4.60. The Kier molecular flexibility index (Phi) is 7.85. The molecule has 4 aromatic carbocycles. The van der Waals surface area contributed by atoms with Crippen molar-refractivity contribution >= 4 is 50.2 Å². The van der Waals surface area contributed by atoms with Crippen molar-refractivity contribution in [2.75, 3.05) is 11.5 Å². The van der Waals surface area contributed by atoms with Gasteiger partial charge < -0.3 is 26.2 Å². The van der Waals surface area contributed by atoms with Gasteiger partial charge in [0.2, 0.25) is 0 Å². The maximum atomic E-state index is 12.0. The molecule has 210 valence electrons. The van der Waals surface area contributed by atoms with E-state index < -0.39 is 26.7 Å². The lowest BCUT2D eigenvalue weighted by molar-refractivity contribution is -0.269. The molecule has 0 amide bonds. The largest absolute Gasteiger partial charge is 0.872 e. The highest BCUT2D eigenvalue weighted by atomic mass is 32.2. The Balaban J connectivity index is 1.57. The average Bonchev–Trinajstić information content (AvgIpc) is 2.89. The topological polar surface area (TPSA) is 219 Å². The van der Waals surface area contributed by atoms with E-state index in [1.54, 1.807) is 12.1 Å². The van der Waals surface area contributed by atoms with Crippen molar-refractivity contribution < 1.29 is 28.0 Å². The van der Waals surface area contributed by atoms with E-state index in [0.717, 1.165) is 34.4 Å². The molecule has 41 heavy (non-hydrogen) atoms. The number of azo groups is 2. The second-order valence-corrected chi connectivity index (χ2v) is 10.6. The predicted molar refractivity (Wildman–Crippen MR) is 151 cm³/mol. The van der Waals surface area contributed by atoms with Gasteiger partial charge in [0.1, 0.15) is 15.8 Å². The molecular formula is C28H24N6O6S-2. The maximum absolute atomic E-state index is 12.0. The van der Waals surface area contributed by atoms with Gasteiger partial charge in [-0.05, 0) is 91.6 Å². The number of carboxylic acid groups (broad SMARTS) is 1. The summed E-state index contributed by atoms with van der Waals surface area (Å²) in [6, 6.07) is 15.8. The minimum absolute atomic E-state index is 0.00389. The number of anilines is 2. The lowest BCUT2D eigenvalue weighted by Crippen LogP contribution is -2.05. The summed E-state index contributed by atoms with van der Waals surface area (Å²) in [5.41, 5.74) is 15.8. The Morgan fingerprint density at radius 1 is 0.732 bits per heavy atom. The fourth-order valence-electron chi connectivity index (χ4n) is 3.99. The van der Waals surface area contributed by atoms with Gasteiger partial charge >= 0.3 is 5.97 Å². The first-order valence-corrected chi connectivity index (χ1v) is 13.4. The monoisotopic (exact) mass is 572 g/mol. The molecule has 13 heteroatoms. The fraction of sp³-hybridized carbons (Fsp3) is 0.107. The zero-order valence-corrected chi connectivity index (χ0v) is 22.9. The van der Waals surface area contributed by atoms with Gasteiger partial charge in [-0.3, -0.25) is 0 Å². The molecule has 5 N–H and O–H groups in total. The van der Waals surface area contributed by atoms with E-state index in [2.05, 4.69) is 20.5 Å². The van der Waals surface area contributed by atoms with Crippen LogP contribution in [0.25, 0.3) is 11.1 Å². The van der Waals surface area contributed by atoms with Gasteiger partial charge in [0.25, 0.3) is 0 Å². The molecule has 0 radical (unpaired) electrons. The van der Waals surface area contributed by atoms with Gasteiger partial charge in [0.15, 0.2) is 0 Å². The molecule has 0 aromatic heterocycles. The number of nitrogens with zero attached hydrogens (tertiary/aromatic N) is 4. The Labute approximate surface area is 235 Å². The van der Waals surface area contributed by atoms with Crippen LogP contribution in [0.5, 0.6) is 5.75 Å². The van der Waals surface area contributed by atoms with Crippen molar-refractivity contribution in [3.8, 4) is 16.9 Å². The summed E-state index contributed by atoms with van der Waals surface area (Å²) < 4.78 is 34.3. The number of carboxylic acids is 1. The van der Waals surface area contributed by atoms with Gasteiger partial charge in [-0.25, -0.2) is 13.2 Å². The molecule has 12 nitrogen and oxygen atoms in total. The third-order valence-electron chi connectivity index (χ3n) is 6.18. The van der Waals surface area contributed by atoms with Gasteiger partial charge in [-0.2, -0.15) is 15.3 Å². The molecule has 0 aliphatic rings. The molecule has 0 saturated carbocycles. The molecular weight excluding hydrogens is 548 g/mol. The third-order valence-corrected chi connectivity index (χ3v) is 7.08. The van der Waals surface area contributed by atoms with Crippen LogP contribution >= 0.6 is 0 Å². The molecule has 0 bridgehead atoms. The second-order valence-electron chi connectivity index (χ2n) is 9.25. The lowest BCUT2D eigenvalue weighted by Gasteiger charge is -2.14. The van der Waals surface area contributed by atoms with Crippen LogP contribution in [0.2, 0.25) is 0 Å². The average molecular weight is 573 g/mol. The van der Waals surface area contributed by atoms with Crippen molar-refractivity contribution in [1.29, 1.82) is 0 Å².